The van der Waals surface area contributed by atoms with Crippen molar-refractivity contribution in [3.8, 4) is 0 Å². The molecule has 120 valence electrons. The smallest absolute Gasteiger partial charge is 0.228 e. The van der Waals surface area contributed by atoms with Gasteiger partial charge in [-0.25, -0.2) is 0 Å². The second-order valence-corrected chi connectivity index (χ2v) is 6.79. The molecule has 1 saturated carbocycles. The SMILES string of the molecule is CC1(C(=O)N2CCCC(C(=O)NCCN)C2)CCCCC1. The molecule has 1 saturated heterocycles. The molecule has 2 aliphatic rings. The normalized spacial score (nSPS) is 25.4. The average Bonchev–Trinajstić information content (AvgIpc) is 2.52. The fourth-order valence-corrected chi connectivity index (χ4v) is 3.64. The molecule has 5 heteroatoms. The summed E-state index contributed by atoms with van der Waals surface area (Å²) >= 11 is 0. The van der Waals surface area contributed by atoms with Crippen LogP contribution in [0, 0.1) is 11.3 Å². The zero-order valence-corrected chi connectivity index (χ0v) is 13.2. The van der Waals surface area contributed by atoms with Crippen molar-refractivity contribution < 1.29 is 9.59 Å². The first-order valence-corrected chi connectivity index (χ1v) is 8.34. The summed E-state index contributed by atoms with van der Waals surface area (Å²) in [5, 5.41) is 2.85. The Balaban J connectivity index is 1.93. The van der Waals surface area contributed by atoms with Gasteiger partial charge in [-0.3, -0.25) is 9.59 Å². The Bertz CT molecular complexity index is 378. The van der Waals surface area contributed by atoms with Crippen LogP contribution in [0.25, 0.3) is 0 Å². The number of carbonyl (C=O) groups is 2. The molecule has 21 heavy (non-hydrogen) atoms. The maximum absolute atomic E-state index is 12.8. The highest BCUT2D eigenvalue weighted by Crippen LogP contribution is 2.38. The van der Waals surface area contributed by atoms with Gasteiger partial charge in [-0.1, -0.05) is 26.2 Å². The van der Waals surface area contributed by atoms with Gasteiger partial charge in [0.1, 0.15) is 0 Å². The summed E-state index contributed by atoms with van der Waals surface area (Å²) in [6, 6.07) is 0. The second kappa shape index (κ2) is 7.25. The molecule has 1 atom stereocenters. The lowest BCUT2D eigenvalue weighted by Gasteiger charge is -2.40. The third kappa shape index (κ3) is 3.96. The van der Waals surface area contributed by atoms with Crippen LogP contribution in [0.1, 0.15) is 51.9 Å². The molecule has 1 aliphatic carbocycles. The number of hydrogen-bond donors (Lipinski definition) is 2. The van der Waals surface area contributed by atoms with Crippen molar-refractivity contribution in [3.05, 3.63) is 0 Å². The van der Waals surface area contributed by atoms with E-state index in [4.69, 9.17) is 5.73 Å². The largest absolute Gasteiger partial charge is 0.355 e. The third-order valence-corrected chi connectivity index (χ3v) is 5.00. The van der Waals surface area contributed by atoms with E-state index in [2.05, 4.69) is 12.2 Å². The standard InChI is InChI=1S/C16H29N3O2/c1-16(7-3-2-4-8-16)15(21)19-11-5-6-13(12-19)14(20)18-10-9-17/h13H,2-12,17H2,1H3,(H,18,20). The molecular formula is C16H29N3O2. The minimum atomic E-state index is -0.201. The fourth-order valence-electron chi connectivity index (χ4n) is 3.64. The number of carbonyl (C=O) groups excluding carboxylic acids is 2. The lowest BCUT2D eigenvalue weighted by atomic mass is 9.74. The molecule has 2 rings (SSSR count). The molecule has 5 nitrogen and oxygen atoms in total. The minimum Gasteiger partial charge on any atom is -0.355 e. The molecule has 0 bridgehead atoms. The van der Waals surface area contributed by atoms with Gasteiger partial charge in [0.2, 0.25) is 11.8 Å². The first kappa shape index (κ1) is 16.3. The lowest BCUT2D eigenvalue weighted by Crippen LogP contribution is -2.50. The van der Waals surface area contributed by atoms with Gasteiger partial charge in [0, 0.05) is 31.6 Å². The number of nitrogens with two attached hydrogens (primary N) is 1. The van der Waals surface area contributed by atoms with E-state index in [1.165, 1.54) is 6.42 Å². The molecule has 1 heterocycles. The van der Waals surface area contributed by atoms with Crippen LogP contribution < -0.4 is 11.1 Å². The second-order valence-electron chi connectivity index (χ2n) is 6.79. The maximum Gasteiger partial charge on any atom is 0.228 e. The summed E-state index contributed by atoms with van der Waals surface area (Å²) in [4.78, 5) is 26.8. The summed E-state index contributed by atoms with van der Waals surface area (Å²) in [6.45, 7) is 4.45. The number of piperidine rings is 1. The van der Waals surface area contributed by atoms with E-state index in [9.17, 15) is 9.59 Å². The Kier molecular flexibility index (Phi) is 5.62. The van der Waals surface area contributed by atoms with Gasteiger partial charge in [0.25, 0.3) is 0 Å². The van der Waals surface area contributed by atoms with Gasteiger partial charge in [0.05, 0.1) is 5.92 Å². The van der Waals surface area contributed by atoms with E-state index in [0.717, 1.165) is 45.1 Å². The number of hydrogen-bond acceptors (Lipinski definition) is 3. The highest BCUT2D eigenvalue weighted by atomic mass is 16.2. The average molecular weight is 295 g/mol. The summed E-state index contributed by atoms with van der Waals surface area (Å²) in [5.41, 5.74) is 5.22. The van der Waals surface area contributed by atoms with E-state index in [0.29, 0.717) is 19.6 Å². The Morgan fingerprint density at radius 1 is 1.24 bits per heavy atom. The fraction of sp³-hybridized carbons (Fsp3) is 0.875. The van der Waals surface area contributed by atoms with Crippen LogP contribution >= 0.6 is 0 Å². The van der Waals surface area contributed by atoms with Crippen molar-refractivity contribution in [1.82, 2.24) is 10.2 Å². The van der Waals surface area contributed by atoms with Crippen LogP contribution in [0.4, 0.5) is 0 Å². The molecule has 0 radical (unpaired) electrons. The van der Waals surface area contributed by atoms with Crippen molar-refractivity contribution in [3.63, 3.8) is 0 Å². The molecule has 1 unspecified atom stereocenters. The number of nitrogens with one attached hydrogen (secondary N) is 1. The molecule has 0 aromatic rings. The summed E-state index contributed by atoms with van der Waals surface area (Å²) in [7, 11) is 0. The lowest BCUT2D eigenvalue weighted by molar-refractivity contribution is -0.146. The zero-order valence-electron chi connectivity index (χ0n) is 13.2. The van der Waals surface area contributed by atoms with Crippen molar-refractivity contribution in [2.75, 3.05) is 26.2 Å². The van der Waals surface area contributed by atoms with E-state index >= 15 is 0 Å². The number of rotatable bonds is 4. The molecule has 0 spiro atoms. The van der Waals surface area contributed by atoms with Crippen LogP contribution in [0.15, 0.2) is 0 Å². The Labute approximate surface area is 127 Å². The molecule has 3 N–H and O–H groups in total. The molecule has 1 aliphatic heterocycles. The Hall–Kier alpha value is -1.10. The first-order valence-electron chi connectivity index (χ1n) is 8.34. The molecule has 0 aromatic heterocycles. The minimum absolute atomic E-state index is 0.0479. The summed E-state index contributed by atoms with van der Waals surface area (Å²) in [5.74, 6) is 0.242. The van der Waals surface area contributed by atoms with Crippen LogP contribution in [-0.4, -0.2) is 42.9 Å². The van der Waals surface area contributed by atoms with Crippen molar-refractivity contribution in [2.24, 2.45) is 17.1 Å². The predicted octanol–water partition coefficient (Wildman–Crippen LogP) is 1.27. The van der Waals surface area contributed by atoms with Crippen LogP contribution in [-0.2, 0) is 9.59 Å². The Morgan fingerprint density at radius 2 is 1.95 bits per heavy atom. The van der Waals surface area contributed by atoms with Gasteiger partial charge in [-0.2, -0.15) is 0 Å². The first-order chi connectivity index (χ1) is 10.1. The highest BCUT2D eigenvalue weighted by Gasteiger charge is 2.39. The van der Waals surface area contributed by atoms with Gasteiger partial charge >= 0.3 is 0 Å². The monoisotopic (exact) mass is 295 g/mol. The van der Waals surface area contributed by atoms with Crippen molar-refractivity contribution >= 4 is 11.8 Å². The maximum atomic E-state index is 12.8. The van der Waals surface area contributed by atoms with Crippen molar-refractivity contribution in [2.45, 2.75) is 51.9 Å². The summed E-state index contributed by atoms with van der Waals surface area (Å²) in [6.07, 6.45) is 7.32. The molecule has 2 fully saturated rings. The molecular weight excluding hydrogens is 266 g/mol. The van der Waals surface area contributed by atoms with E-state index in [1.54, 1.807) is 0 Å². The zero-order chi connectivity index (χ0) is 15.3. The van der Waals surface area contributed by atoms with E-state index in [1.807, 2.05) is 4.90 Å². The predicted molar refractivity (Wildman–Crippen MR) is 82.6 cm³/mol. The van der Waals surface area contributed by atoms with E-state index in [-0.39, 0.29) is 23.1 Å². The number of nitrogens with zero attached hydrogens (tertiary/aromatic N) is 1. The van der Waals surface area contributed by atoms with Gasteiger partial charge in [0.15, 0.2) is 0 Å². The summed E-state index contributed by atoms with van der Waals surface area (Å²) < 4.78 is 0. The molecule has 0 aromatic carbocycles. The topological polar surface area (TPSA) is 75.4 Å². The van der Waals surface area contributed by atoms with Crippen LogP contribution in [0.5, 0.6) is 0 Å². The van der Waals surface area contributed by atoms with Gasteiger partial charge in [-0.15, -0.1) is 0 Å². The Morgan fingerprint density at radius 3 is 2.62 bits per heavy atom. The van der Waals surface area contributed by atoms with Crippen LogP contribution in [0.3, 0.4) is 0 Å². The van der Waals surface area contributed by atoms with E-state index < -0.39 is 0 Å². The number of likely N-dealkylation sites (tertiary alicyclic amines) is 1. The third-order valence-electron chi connectivity index (χ3n) is 5.00. The van der Waals surface area contributed by atoms with Crippen molar-refractivity contribution in [1.29, 1.82) is 0 Å². The number of amides is 2. The van der Waals surface area contributed by atoms with Gasteiger partial charge < -0.3 is 16.0 Å². The highest BCUT2D eigenvalue weighted by molar-refractivity contribution is 5.84. The quantitative estimate of drug-likeness (QED) is 0.820. The van der Waals surface area contributed by atoms with Crippen LogP contribution in [0.2, 0.25) is 0 Å². The molecule has 2 amide bonds. The van der Waals surface area contributed by atoms with Gasteiger partial charge in [-0.05, 0) is 25.7 Å².